The Hall–Kier alpha value is -2.30. The molecule has 0 radical (unpaired) electrons. The molecule has 18 heavy (non-hydrogen) atoms. The van der Waals surface area contributed by atoms with Crippen molar-refractivity contribution in [1.82, 2.24) is 4.90 Å². The number of amides is 1. The van der Waals surface area contributed by atoms with Crippen LogP contribution < -0.4 is 0 Å². The summed E-state index contributed by atoms with van der Waals surface area (Å²) >= 11 is 0. The first kappa shape index (κ1) is 12.2. The van der Waals surface area contributed by atoms with Gasteiger partial charge in [-0.3, -0.25) is 9.69 Å². The largest absolute Gasteiger partial charge is 0.444 e. The van der Waals surface area contributed by atoms with Crippen LogP contribution in [0, 0.1) is 0 Å². The second kappa shape index (κ2) is 5.86. The number of carbonyl (C=O) groups is 2. The number of ether oxygens (including phenoxy) is 2. The van der Waals surface area contributed by atoms with Crippen molar-refractivity contribution in [1.29, 1.82) is 0 Å². The predicted molar refractivity (Wildman–Crippen MR) is 63.4 cm³/mol. The zero-order chi connectivity index (χ0) is 12.8. The van der Waals surface area contributed by atoms with Gasteiger partial charge in [-0.25, -0.2) is 4.79 Å². The Kier molecular flexibility index (Phi) is 3.96. The van der Waals surface area contributed by atoms with E-state index in [0.717, 1.165) is 5.56 Å². The number of benzene rings is 1. The second-order valence-corrected chi connectivity index (χ2v) is 3.74. The summed E-state index contributed by atoms with van der Waals surface area (Å²) in [6.45, 7) is 0.897. The van der Waals surface area contributed by atoms with Crippen LogP contribution >= 0.6 is 0 Å². The Balaban J connectivity index is 1.86. The number of nitrogens with zero attached hydrogens (tertiary/aromatic N) is 1. The minimum absolute atomic E-state index is 0.198. The lowest BCUT2D eigenvalue weighted by Gasteiger charge is -2.21. The fourth-order valence-electron chi connectivity index (χ4n) is 1.66. The fourth-order valence-corrected chi connectivity index (χ4v) is 1.66. The van der Waals surface area contributed by atoms with Crippen molar-refractivity contribution in [2.24, 2.45) is 0 Å². The molecule has 1 amide bonds. The van der Waals surface area contributed by atoms with Crippen LogP contribution in [0.2, 0.25) is 0 Å². The SMILES string of the molecule is O=CO[C@@H]1C=CCN1C(=O)OCc1ccccc1. The van der Waals surface area contributed by atoms with Gasteiger partial charge in [-0.2, -0.15) is 0 Å². The summed E-state index contributed by atoms with van der Waals surface area (Å²) < 4.78 is 9.89. The number of hydrogen-bond acceptors (Lipinski definition) is 4. The maximum atomic E-state index is 11.8. The minimum Gasteiger partial charge on any atom is -0.444 e. The van der Waals surface area contributed by atoms with E-state index in [1.165, 1.54) is 4.90 Å². The molecule has 5 nitrogen and oxygen atoms in total. The second-order valence-electron chi connectivity index (χ2n) is 3.74. The summed E-state index contributed by atoms with van der Waals surface area (Å²) in [5.74, 6) is 0. The number of carbonyl (C=O) groups excluding carboxylic acids is 2. The van der Waals surface area contributed by atoms with Crippen molar-refractivity contribution in [3.05, 3.63) is 48.0 Å². The summed E-state index contributed by atoms with van der Waals surface area (Å²) in [5, 5.41) is 0. The highest BCUT2D eigenvalue weighted by Gasteiger charge is 2.26. The van der Waals surface area contributed by atoms with Crippen LogP contribution in [0.5, 0.6) is 0 Å². The zero-order valence-corrected chi connectivity index (χ0v) is 9.69. The van der Waals surface area contributed by atoms with Crippen LogP contribution in [0.1, 0.15) is 5.56 Å². The summed E-state index contributed by atoms with van der Waals surface area (Å²) in [6.07, 6.45) is 2.22. The first-order valence-electron chi connectivity index (χ1n) is 5.54. The third-order valence-corrected chi connectivity index (χ3v) is 2.54. The van der Waals surface area contributed by atoms with E-state index in [-0.39, 0.29) is 6.61 Å². The van der Waals surface area contributed by atoms with Crippen LogP contribution in [-0.4, -0.2) is 30.2 Å². The van der Waals surface area contributed by atoms with Crippen LogP contribution in [-0.2, 0) is 20.9 Å². The third-order valence-electron chi connectivity index (χ3n) is 2.54. The smallest absolute Gasteiger partial charge is 0.413 e. The van der Waals surface area contributed by atoms with Crippen LogP contribution in [0.25, 0.3) is 0 Å². The van der Waals surface area contributed by atoms with Gasteiger partial charge in [0.15, 0.2) is 6.23 Å². The normalized spacial score (nSPS) is 17.6. The number of rotatable bonds is 4. The Labute approximate surface area is 105 Å². The van der Waals surface area contributed by atoms with Gasteiger partial charge < -0.3 is 9.47 Å². The lowest BCUT2D eigenvalue weighted by Crippen LogP contribution is -2.37. The van der Waals surface area contributed by atoms with E-state index in [1.807, 2.05) is 30.3 Å². The van der Waals surface area contributed by atoms with Crippen molar-refractivity contribution < 1.29 is 19.1 Å². The van der Waals surface area contributed by atoms with Crippen LogP contribution in [0.4, 0.5) is 4.79 Å². The van der Waals surface area contributed by atoms with E-state index in [1.54, 1.807) is 12.2 Å². The molecular weight excluding hydrogens is 234 g/mol. The van der Waals surface area contributed by atoms with Crippen LogP contribution in [0.15, 0.2) is 42.5 Å². The molecule has 0 N–H and O–H groups in total. The molecule has 1 aromatic rings. The molecule has 0 bridgehead atoms. The average Bonchev–Trinajstić information content (AvgIpc) is 2.86. The highest BCUT2D eigenvalue weighted by atomic mass is 16.6. The van der Waals surface area contributed by atoms with E-state index in [2.05, 4.69) is 0 Å². The van der Waals surface area contributed by atoms with E-state index < -0.39 is 12.3 Å². The highest BCUT2D eigenvalue weighted by molar-refractivity contribution is 5.69. The third kappa shape index (κ3) is 2.88. The zero-order valence-electron chi connectivity index (χ0n) is 9.69. The summed E-state index contributed by atoms with van der Waals surface area (Å²) in [4.78, 5) is 23.4. The molecule has 1 aliphatic heterocycles. The minimum atomic E-state index is -0.661. The van der Waals surface area contributed by atoms with Gasteiger partial charge >= 0.3 is 6.09 Å². The topological polar surface area (TPSA) is 55.8 Å². The lowest BCUT2D eigenvalue weighted by molar-refractivity contribution is -0.136. The maximum Gasteiger partial charge on any atom is 0.413 e. The Bertz CT molecular complexity index is 444. The molecule has 0 saturated heterocycles. The van der Waals surface area contributed by atoms with Crippen molar-refractivity contribution in [2.75, 3.05) is 6.54 Å². The Morgan fingerprint density at radius 2 is 2.17 bits per heavy atom. The van der Waals surface area contributed by atoms with Gasteiger partial charge in [0.25, 0.3) is 6.47 Å². The molecule has 0 unspecified atom stereocenters. The highest BCUT2D eigenvalue weighted by Crippen LogP contribution is 2.13. The van der Waals surface area contributed by atoms with E-state index in [0.29, 0.717) is 13.0 Å². The first-order chi connectivity index (χ1) is 8.81. The molecule has 0 spiro atoms. The average molecular weight is 247 g/mol. The molecule has 1 heterocycles. The maximum absolute atomic E-state index is 11.8. The van der Waals surface area contributed by atoms with Gasteiger partial charge in [0.1, 0.15) is 6.61 Å². The summed E-state index contributed by atoms with van der Waals surface area (Å²) in [6, 6.07) is 9.38. The quantitative estimate of drug-likeness (QED) is 0.600. The van der Waals surface area contributed by atoms with E-state index in [4.69, 9.17) is 9.47 Å². The van der Waals surface area contributed by atoms with Gasteiger partial charge in [-0.15, -0.1) is 0 Å². The Morgan fingerprint density at radius 1 is 1.39 bits per heavy atom. The van der Waals surface area contributed by atoms with Gasteiger partial charge in [-0.05, 0) is 11.6 Å². The van der Waals surface area contributed by atoms with Crippen molar-refractivity contribution in [3.63, 3.8) is 0 Å². The summed E-state index contributed by atoms with van der Waals surface area (Å²) in [7, 11) is 0. The Morgan fingerprint density at radius 3 is 2.89 bits per heavy atom. The first-order valence-corrected chi connectivity index (χ1v) is 5.54. The molecule has 0 saturated carbocycles. The van der Waals surface area contributed by atoms with Gasteiger partial charge in [-0.1, -0.05) is 36.4 Å². The molecule has 0 fully saturated rings. The van der Waals surface area contributed by atoms with Gasteiger partial charge in [0.2, 0.25) is 0 Å². The van der Waals surface area contributed by atoms with Crippen molar-refractivity contribution in [2.45, 2.75) is 12.8 Å². The lowest BCUT2D eigenvalue weighted by atomic mass is 10.2. The van der Waals surface area contributed by atoms with E-state index >= 15 is 0 Å². The fraction of sp³-hybridized carbons (Fsp3) is 0.231. The van der Waals surface area contributed by atoms with Crippen molar-refractivity contribution >= 4 is 12.6 Å². The predicted octanol–water partition coefficient (Wildman–Crippen LogP) is 1.69. The molecular formula is C13H13NO4. The number of hydrogen-bond donors (Lipinski definition) is 0. The molecule has 1 atom stereocenters. The molecule has 1 aromatic carbocycles. The van der Waals surface area contributed by atoms with E-state index in [9.17, 15) is 9.59 Å². The van der Waals surface area contributed by atoms with Gasteiger partial charge in [0.05, 0.1) is 0 Å². The molecule has 0 aromatic heterocycles. The molecule has 94 valence electrons. The van der Waals surface area contributed by atoms with Crippen molar-refractivity contribution in [3.8, 4) is 0 Å². The molecule has 1 aliphatic rings. The molecule has 5 heteroatoms. The molecule has 0 aliphatic carbocycles. The van der Waals surface area contributed by atoms with Crippen LogP contribution in [0.3, 0.4) is 0 Å². The monoisotopic (exact) mass is 247 g/mol. The standard InChI is InChI=1S/C13H13NO4/c15-10-18-12-7-4-8-14(12)13(16)17-9-11-5-2-1-3-6-11/h1-7,10,12H,8-9H2/t12-/m1/s1. The molecule has 2 rings (SSSR count). The summed E-state index contributed by atoms with van der Waals surface area (Å²) in [5.41, 5.74) is 0.908. The van der Waals surface area contributed by atoms with Gasteiger partial charge in [0, 0.05) is 6.54 Å².